The fraction of sp³-hybridized carbons (Fsp3) is 0.435. The van der Waals surface area contributed by atoms with Crippen LogP contribution in [-0.4, -0.2) is 45.5 Å². The second-order valence-corrected chi connectivity index (χ2v) is 7.57. The molecule has 1 unspecified atom stereocenters. The van der Waals surface area contributed by atoms with E-state index in [2.05, 4.69) is 46.8 Å². The van der Waals surface area contributed by atoms with E-state index < -0.39 is 0 Å². The van der Waals surface area contributed by atoms with Crippen LogP contribution < -0.4 is 25.8 Å². The Morgan fingerprint density at radius 1 is 1.10 bits per heavy atom. The first-order chi connectivity index (χ1) is 14.5. The molecule has 3 rings (SSSR count). The summed E-state index contributed by atoms with van der Waals surface area (Å²) < 4.78 is 16.2. The average Bonchev–Trinajstić information content (AvgIpc) is 2.79. The Labute approximate surface area is 201 Å². The molecule has 0 aromatic heterocycles. The van der Waals surface area contributed by atoms with Gasteiger partial charge in [-0.3, -0.25) is 4.99 Å². The number of hydrogen-bond acceptors (Lipinski definition) is 5. The Hall–Kier alpha value is -2.04. The zero-order chi connectivity index (χ0) is 21.4. The van der Waals surface area contributed by atoms with Gasteiger partial charge < -0.3 is 30.6 Å². The van der Waals surface area contributed by atoms with Gasteiger partial charge in [-0.25, -0.2) is 0 Å². The maximum Gasteiger partial charge on any atom is 0.193 e. The number of ether oxygens (including phenoxy) is 3. The van der Waals surface area contributed by atoms with Crippen LogP contribution in [0.5, 0.6) is 11.5 Å². The molecule has 0 spiro atoms. The molecule has 1 heterocycles. The molecule has 170 valence electrons. The summed E-state index contributed by atoms with van der Waals surface area (Å²) in [5.41, 5.74) is 8.08. The number of guanidine groups is 1. The summed E-state index contributed by atoms with van der Waals surface area (Å²) in [6.07, 6.45) is 1.77. The van der Waals surface area contributed by atoms with E-state index in [1.807, 2.05) is 24.3 Å². The molecule has 0 aliphatic carbocycles. The van der Waals surface area contributed by atoms with Crippen LogP contribution in [0.1, 0.15) is 31.4 Å². The number of methoxy groups -OCH3 is 2. The maximum absolute atomic E-state index is 6.19. The Morgan fingerprint density at radius 3 is 2.42 bits per heavy atom. The van der Waals surface area contributed by atoms with Gasteiger partial charge in [-0.2, -0.15) is 0 Å². The SMILES string of the molecule is COc1ccc(NC(N)=NCC2(NC(C)c3ccccc3)CCOCC2)cc1OC.I. The van der Waals surface area contributed by atoms with E-state index in [-0.39, 0.29) is 35.6 Å². The second-order valence-electron chi connectivity index (χ2n) is 7.57. The van der Waals surface area contributed by atoms with E-state index in [1.54, 1.807) is 14.2 Å². The van der Waals surface area contributed by atoms with Gasteiger partial charge in [0.05, 0.1) is 20.8 Å². The van der Waals surface area contributed by atoms with E-state index in [1.165, 1.54) is 5.56 Å². The van der Waals surface area contributed by atoms with E-state index in [0.29, 0.717) is 37.2 Å². The number of benzene rings is 2. The first-order valence-corrected chi connectivity index (χ1v) is 10.2. The van der Waals surface area contributed by atoms with Gasteiger partial charge in [-0.05, 0) is 37.5 Å². The van der Waals surface area contributed by atoms with Gasteiger partial charge in [0.1, 0.15) is 0 Å². The summed E-state index contributed by atoms with van der Waals surface area (Å²) in [4.78, 5) is 4.65. The standard InChI is InChI=1S/C23H32N4O3.HI/c1-17(18-7-5-4-6-8-18)27-23(11-13-30-14-12-23)16-25-22(24)26-19-9-10-20(28-2)21(15-19)29-3;/h4-10,15,17,27H,11-14,16H2,1-3H3,(H3,24,25,26);1H. The molecule has 2 aromatic carbocycles. The van der Waals surface area contributed by atoms with Crippen molar-refractivity contribution in [1.29, 1.82) is 0 Å². The van der Waals surface area contributed by atoms with E-state index in [4.69, 9.17) is 19.9 Å². The lowest BCUT2D eigenvalue weighted by Crippen LogP contribution is -2.53. The lowest BCUT2D eigenvalue weighted by Gasteiger charge is -2.39. The predicted molar refractivity (Wildman–Crippen MR) is 136 cm³/mol. The minimum atomic E-state index is -0.155. The zero-order valence-corrected chi connectivity index (χ0v) is 20.7. The first-order valence-electron chi connectivity index (χ1n) is 10.2. The van der Waals surface area contributed by atoms with Crippen molar-refractivity contribution in [2.75, 3.05) is 39.3 Å². The van der Waals surface area contributed by atoms with Crippen LogP contribution >= 0.6 is 24.0 Å². The number of nitrogens with two attached hydrogens (primary N) is 1. The number of nitrogens with zero attached hydrogens (tertiary/aromatic N) is 1. The lowest BCUT2D eigenvalue weighted by molar-refractivity contribution is 0.0375. The third-order valence-corrected chi connectivity index (χ3v) is 5.48. The molecule has 2 aromatic rings. The summed E-state index contributed by atoms with van der Waals surface area (Å²) in [6, 6.07) is 16.2. The van der Waals surface area contributed by atoms with E-state index >= 15 is 0 Å². The second kappa shape index (κ2) is 12.1. The van der Waals surface area contributed by atoms with Crippen LogP contribution in [0.4, 0.5) is 5.69 Å². The van der Waals surface area contributed by atoms with Crippen molar-refractivity contribution in [2.24, 2.45) is 10.7 Å². The topological polar surface area (TPSA) is 90.1 Å². The summed E-state index contributed by atoms with van der Waals surface area (Å²) in [5, 5.41) is 6.94. The van der Waals surface area contributed by atoms with Gasteiger partial charge >= 0.3 is 0 Å². The van der Waals surface area contributed by atoms with Gasteiger partial charge in [-0.1, -0.05) is 30.3 Å². The number of anilines is 1. The minimum Gasteiger partial charge on any atom is -0.493 e. The van der Waals surface area contributed by atoms with Crippen molar-refractivity contribution in [3.8, 4) is 11.5 Å². The van der Waals surface area contributed by atoms with Gasteiger partial charge in [0.2, 0.25) is 0 Å². The molecule has 8 heteroatoms. The van der Waals surface area contributed by atoms with Gasteiger partial charge in [0, 0.05) is 36.5 Å². The van der Waals surface area contributed by atoms with E-state index in [0.717, 1.165) is 18.5 Å². The number of aliphatic imine (C=N–C) groups is 1. The van der Waals surface area contributed by atoms with Gasteiger partial charge in [0.15, 0.2) is 17.5 Å². The highest BCUT2D eigenvalue weighted by molar-refractivity contribution is 14.0. The van der Waals surface area contributed by atoms with Crippen molar-refractivity contribution in [1.82, 2.24) is 5.32 Å². The minimum absolute atomic E-state index is 0. The molecule has 1 atom stereocenters. The summed E-state index contributed by atoms with van der Waals surface area (Å²) in [5.74, 6) is 1.66. The fourth-order valence-electron chi connectivity index (χ4n) is 3.73. The third kappa shape index (κ3) is 6.98. The highest BCUT2D eigenvalue weighted by Crippen LogP contribution is 2.30. The zero-order valence-electron chi connectivity index (χ0n) is 18.4. The third-order valence-electron chi connectivity index (χ3n) is 5.48. The average molecular weight is 540 g/mol. The predicted octanol–water partition coefficient (Wildman–Crippen LogP) is 3.95. The van der Waals surface area contributed by atoms with Crippen LogP contribution in [0.15, 0.2) is 53.5 Å². The van der Waals surface area contributed by atoms with Crippen molar-refractivity contribution in [2.45, 2.75) is 31.3 Å². The number of nitrogens with one attached hydrogen (secondary N) is 2. The Morgan fingerprint density at radius 2 is 1.77 bits per heavy atom. The maximum atomic E-state index is 6.19. The number of halogens is 1. The first kappa shape index (κ1) is 25.2. The van der Waals surface area contributed by atoms with Crippen LogP contribution in [0.2, 0.25) is 0 Å². The highest BCUT2D eigenvalue weighted by atomic mass is 127. The summed E-state index contributed by atoms with van der Waals surface area (Å²) in [7, 11) is 3.21. The molecular weight excluding hydrogens is 507 g/mol. The quantitative estimate of drug-likeness (QED) is 0.267. The van der Waals surface area contributed by atoms with Crippen LogP contribution in [0.3, 0.4) is 0 Å². The van der Waals surface area contributed by atoms with Crippen molar-refractivity contribution in [3.05, 3.63) is 54.1 Å². The van der Waals surface area contributed by atoms with Crippen LogP contribution in [0, 0.1) is 0 Å². The molecule has 1 aliphatic rings. The van der Waals surface area contributed by atoms with Crippen molar-refractivity contribution in [3.63, 3.8) is 0 Å². The largest absolute Gasteiger partial charge is 0.493 e. The molecule has 0 bridgehead atoms. The lowest BCUT2D eigenvalue weighted by atomic mass is 9.88. The molecule has 7 nitrogen and oxygen atoms in total. The number of hydrogen-bond donors (Lipinski definition) is 3. The fourth-order valence-corrected chi connectivity index (χ4v) is 3.73. The van der Waals surface area contributed by atoms with Gasteiger partial charge in [0.25, 0.3) is 0 Å². The van der Waals surface area contributed by atoms with Crippen LogP contribution in [-0.2, 0) is 4.74 Å². The molecule has 31 heavy (non-hydrogen) atoms. The van der Waals surface area contributed by atoms with E-state index in [9.17, 15) is 0 Å². The molecule has 0 radical (unpaired) electrons. The summed E-state index contributed by atoms with van der Waals surface area (Å²) in [6.45, 7) is 4.18. The van der Waals surface area contributed by atoms with Crippen LogP contribution in [0.25, 0.3) is 0 Å². The highest BCUT2D eigenvalue weighted by Gasteiger charge is 2.33. The van der Waals surface area contributed by atoms with Crippen molar-refractivity contribution >= 4 is 35.6 Å². The van der Waals surface area contributed by atoms with Gasteiger partial charge in [-0.15, -0.1) is 24.0 Å². The number of rotatable bonds is 8. The molecular formula is C23H33IN4O3. The smallest absolute Gasteiger partial charge is 0.193 e. The normalized spacial score (nSPS) is 16.7. The molecule has 1 aliphatic heterocycles. The molecule has 4 N–H and O–H groups in total. The molecule has 0 saturated carbocycles. The molecule has 0 amide bonds. The Kier molecular flexibility index (Phi) is 9.86. The van der Waals surface area contributed by atoms with Crippen molar-refractivity contribution < 1.29 is 14.2 Å². The summed E-state index contributed by atoms with van der Waals surface area (Å²) >= 11 is 0. The Balaban J connectivity index is 0.00000341. The molecule has 1 fully saturated rings. The Bertz CT molecular complexity index is 842. The monoisotopic (exact) mass is 540 g/mol. The molecule has 1 saturated heterocycles.